The van der Waals surface area contributed by atoms with E-state index in [1.54, 1.807) is 28.6 Å². The van der Waals surface area contributed by atoms with Crippen LogP contribution in [-0.2, 0) is 22.6 Å². The third-order valence-electron chi connectivity index (χ3n) is 8.87. The molecule has 2 N–H and O–H groups in total. The maximum atomic E-state index is 12.6. The van der Waals surface area contributed by atoms with Gasteiger partial charge in [0.05, 0.1) is 24.5 Å². The number of carbonyl (C=O) groups is 1. The molecule has 0 aliphatic carbocycles. The van der Waals surface area contributed by atoms with Crippen LogP contribution in [0, 0.1) is 5.92 Å². The summed E-state index contributed by atoms with van der Waals surface area (Å²) >= 11 is 1.55. The van der Waals surface area contributed by atoms with E-state index in [0.717, 1.165) is 39.1 Å². The average molecular weight is 684 g/mol. The lowest BCUT2D eigenvalue weighted by atomic mass is 9.91. The first kappa shape index (κ1) is 33.4. The SMILES string of the molecule is CC1C(CSc2nnnn2-c2ccccc2)OC(c2ccc(-c3cccc(CNC(=O)c4ccccc4)c3)cc2)OC1c1ccc(CO)cc1. The number of benzene rings is 5. The van der Waals surface area contributed by atoms with Gasteiger partial charge in [0.2, 0.25) is 5.16 Å². The molecule has 2 heterocycles. The van der Waals surface area contributed by atoms with E-state index in [1.165, 1.54) is 0 Å². The lowest BCUT2D eigenvalue weighted by Gasteiger charge is -2.41. The summed E-state index contributed by atoms with van der Waals surface area (Å²) in [5, 5.41) is 25.7. The highest BCUT2D eigenvalue weighted by atomic mass is 32.2. The maximum absolute atomic E-state index is 12.6. The van der Waals surface area contributed by atoms with Crippen LogP contribution in [0.4, 0.5) is 0 Å². The summed E-state index contributed by atoms with van der Waals surface area (Å²) in [5.41, 5.74) is 7.43. The number of para-hydroxylation sites is 1. The van der Waals surface area contributed by atoms with E-state index in [0.29, 0.717) is 23.0 Å². The zero-order valence-electron chi connectivity index (χ0n) is 27.5. The first-order valence-electron chi connectivity index (χ1n) is 16.6. The van der Waals surface area contributed by atoms with Gasteiger partial charge >= 0.3 is 0 Å². The lowest BCUT2D eigenvalue weighted by Crippen LogP contribution is -2.38. The van der Waals surface area contributed by atoms with Crippen LogP contribution in [-0.4, -0.2) is 43.1 Å². The Labute approximate surface area is 295 Å². The average Bonchev–Trinajstić information content (AvgIpc) is 3.66. The number of aromatic nitrogens is 4. The smallest absolute Gasteiger partial charge is 0.251 e. The molecule has 0 spiro atoms. The second-order valence-electron chi connectivity index (χ2n) is 12.2. The molecule has 0 saturated carbocycles. The molecule has 1 aliphatic rings. The maximum Gasteiger partial charge on any atom is 0.251 e. The fourth-order valence-corrected chi connectivity index (χ4v) is 7.09. The molecule has 1 amide bonds. The molecule has 7 rings (SSSR count). The van der Waals surface area contributed by atoms with Gasteiger partial charge in [-0.15, -0.1) is 5.10 Å². The van der Waals surface area contributed by atoms with Crippen molar-refractivity contribution < 1.29 is 19.4 Å². The predicted octanol–water partition coefficient (Wildman–Crippen LogP) is 7.34. The second-order valence-corrected chi connectivity index (χ2v) is 13.2. The highest BCUT2D eigenvalue weighted by Crippen LogP contribution is 2.43. The molecule has 4 unspecified atom stereocenters. The van der Waals surface area contributed by atoms with Crippen LogP contribution in [0.15, 0.2) is 139 Å². The number of aliphatic hydroxyl groups is 1. The Morgan fingerprint density at radius 3 is 2.26 bits per heavy atom. The monoisotopic (exact) mass is 683 g/mol. The van der Waals surface area contributed by atoms with Crippen molar-refractivity contribution in [2.45, 2.75) is 43.7 Å². The summed E-state index contributed by atoms with van der Waals surface area (Å²) in [5.74, 6) is 0.533. The number of thioether (sulfide) groups is 1. The number of amides is 1. The van der Waals surface area contributed by atoms with Crippen molar-refractivity contribution >= 4 is 17.7 Å². The minimum absolute atomic E-state index is 0.0138. The van der Waals surface area contributed by atoms with Gasteiger partial charge in [-0.25, -0.2) is 0 Å². The number of ether oxygens (including phenoxy) is 2. The summed E-state index contributed by atoms with van der Waals surface area (Å²) < 4.78 is 15.1. The molecule has 5 aromatic carbocycles. The zero-order chi connectivity index (χ0) is 34.3. The first-order chi connectivity index (χ1) is 24.6. The van der Waals surface area contributed by atoms with Gasteiger partial charge in [-0.3, -0.25) is 4.79 Å². The molecule has 10 heteroatoms. The minimum Gasteiger partial charge on any atom is -0.392 e. The summed E-state index contributed by atoms with van der Waals surface area (Å²) in [6.45, 7) is 2.56. The summed E-state index contributed by atoms with van der Waals surface area (Å²) in [4.78, 5) is 12.6. The second kappa shape index (κ2) is 15.6. The number of tetrazole rings is 1. The van der Waals surface area contributed by atoms with Crippen LogP contribution in [0.2, 0.25) is 0 Å². The van der Waals surface area contributed by atoms with E-state index in [4.69, 9.17) is 9.47 Å². The van der Waals surface area contributed by atoms with Crippen molar-refractivity contribution in [2.24, 2.45) is 5.92 Å². The van der Waals surface area contributed by atoms with E-state index in [-0.39, 0.29) is 30.6 Å². The Hall–Kier alpha value is -5.13. The molecule has 0 bridgehead atoms. The Morgan fingerprint density at radius 2 is 1.52 bits per heavy atom. The van der Waals surface area contributed by atoms with E-state index in [9.17, 15) is 9.90 Å². The van der Waals surface area contributed by atoms with Crippen molar-refractivity contribution in [1.82, 2.24) is 25.5 Å². The Balaban J connectivity index is 1.08. The molecule has 9 nitrogen and oxygen atoms in total. The number of nitrogens with zero attached hydrogens (tertiary/aromatic N) is 4. The van der Waals surface area contributed by atoms with Crippen LogP contribution < -0.4 is 5.32 Å². The molecule has 1 aromatic heterocycles. The van der Waals surface area contributed by atoms with Gasteiger partial charge in [-0.1, -0.05) is 122 Å². The Kier molecular flexibility index (Phi) is 10.4. The van der Waals surface area contributed by atoms with E-state index in [1.807, 2.05) is 97.1 Å². The number of rotatable bonds is 11. The molecule has 6 aromatic rings. The molecule has 1 saturated heterocycles. The van der Waals surface area contributed by atoms with Gasteiger partial charge in [0.1, 0.15) is 0 Å². The van der Waals surface area contributed by atoms with Crippen LogP contribution in [0.3, 0.4) is 0 Å². The molecular formula is C40H37N5O4S. The number of hydrogen-bond acceptors (Lipinski definition) is 8. The van der Waals surface area contributed by atoms with Crippen molar-refractivity contribution in [3.63, 3.8) is 0 Å². The van der Waals surface area contributed by atoms with Gasteiger partial charge in [0.25, 0.3) is 5.91 Å². The van der Waals surface area contributed by atoms with Crippen molar-refractivity contribution in [3.05, 3.63) is 161 Å². The summed E-state index contributed by atoms with van der Waals surface area (Å²) in [6, 6.07) is 43.4. The molecule has 4 atom stereocenters. The summed E-state index contributed by atoms with van der Waals surface area (Å²) in [7, 11) is 0. The molecule has 1 fully saturated rings. The largest absolute Gasteiger partial charge is 0.392 e. The fraction of sp³-hybridized carbons (Fsp3) is 0.200. The standard InChI is InChI=1S/C40H37N5O4S/c1-27-36(26-50-40-42-43-44-45(40)35-13-6-3-7-14-35)48-39(49-37(27)31-17-15-28(25-46)16-18-31)33-21-19-30(20-22-33)34-12-8-9-29(23-34)24-41-38(47)32-10-4-2-5-11-32/h2-23,27,36-37,39,46H,24-26H2,1H3,(H,41,47). The van der Waals surface area contributed by atoms with Gasteiger partial charge < -0.3 is 19.9 Å². The number of nitrogens with one attached hydrogen (secondary N) is 1. The normalized spacial score (nSPS) is 18.8. The van der Waals surface area contributed by atoms with Crippen LogP contribution in [0.1, 0.15) is 51.9 Å². The van der Waals surface area contributed by atoms with Crippen molar-refractivity contribution in [1.29, 1.82) is 0 Å². The lowest BCUT2D eigenvalue weighted by molar-refractivity contribution is -0.268. The van der Waals surface area contributed by atoms with Crippen molar-refractivity contribution in [2.75, 3.05) is 5.75 Å². The topological polar surface area (TPSA) is 111 Å². The highest BCUT2D eigenvalue weighted by molar-refractivity contribution is 7.99. The van der Waals surface area contributed by atoms with E-state index in [2.05, 4.69) is 52.0 Å². The molecular weight excluding hydrogens is 647 g/mol. The number of aliphatic hydroxyl groups excluding tert-OH is 1. The molecule has 252 valence electrons. The molecule has 1 aliphatic heterocycles. The zero-order valence-corrected chi connectivity index (χ0v) is 28.3. The molecule has 0 radical (unpaired) electrons. The quantitative estimate of drug-likeness (QED) is 0.137. The van der Waals surface area contributed by atoms with Gasteiger partial charge in [0.15, 0.2) is 6.29 Å². The van der Waals surface area contributed by atoms with E-state index < -0.39 is 6.29 Å². The van der Waals surface area contributed by atoms with Crippen molar-refractivity contribution in [3.8, 4) is 16.8 Å². The molecule has 50 heavy (non-hydrogen) atoms. The first-order valence-corrected chi connectivity index (χ1v) is 17.5. The number of hydrogen-bond donors (Lipinski definition) is 2. The van der Waals surface area contributed by atoms with E-state index >= 15 is 0 Å². The van der Waals surface area contributed by atoms with Gasteiger partial charge in [-0.2, -0.15) is 4.68 Å². The predicted molar refractivity (Wildman–Crippen MR) is 192 cm³/mol. The third kappa shape index (κ3) is 7.69. The van der Waals surface area contributed by atoms with Gasteiger partial charge in [-0.05, 0) is 68.6 Å². The third-order valence-corrected chi connectivity index (χ3v) is 9.88. The van der Waals surface area contributed by atoms with Crippen LogP contribution in [0.25, 0.3) is 16.8 Å². The summed E-state index contributed by atoms with van der Waals surface area (Å²) in [6.07, 6.45) is -1.01. The fourth-order valence-electron chi connectivity index (χ4n) is 6.03. The minimum atomic E-state index is -0.599. The van der Waals surface area contributed by atoms with Crippen LogP contribution >= 0.6 is 11.8 Å². The van der Waals surface area contributed by atoms with Gasteiger partial charge in [0, 0.05) is 29.3 Å². The highest BCUT2D eigenvalue weighted by Gasteiger charge is 2.38. The van der Waals surface area contributed by atoms with Crippen LogP contribution in [0.5, 0.6) is 0 Å². The Morgan fingerprint density at radius 1 is 0.800 bits per heavy atom. The Bertz CT molecular complexity index is 2010. The number of carbonyl (C=O) groups excluding carboxylic acids is 1.